The lowest BCUT2D eigenvalue weighted by Crippen LogP contribution is -2.39. The molecule has 0 radical (unpaired) electrons. The number of nitrogens with zero attached hydrogens (tertiary/aromatic N) is 1. The van der Waals surface area contributed by atoms with Crippen LogP contribution in [-0.4, -0.2) is 23.5 Å². The lowest BCUT2D eigenvalue weighted by molar-refractivity contribution is 0.173. The number of aryl methyl sites for hydroxylation is 1. The molecule has 1 nitrogen and oxygen atoms in total. The molecule has 0 aromatic heterocycles. The van der Waals surface area contributed by atoms with E-state index in [1.54, 1.807) is 0 Å². The van der Waals surface area contributed by atoms with Gasteiger partial charge in [0.25, 0.3) is 0 Å². The molecule has 1 aliphatic rings. The lowest BCUT2D eigenvalue weighted by atomic mass is 9.97. The predicted molar refractivity (Wildman–Crippen MR) is 69.9 cm³/mol. The second-order valence-corrected chi connectivity index (χ2v) is 6.01. The Morgan fingerprint density at radius 3 is 2.25 bits per heavy atom. The Hall–Kier alpha value is -0.820. The molecule has 1 heteroatoms. The van der Waals surface area contributed by atoms with E-state index in [4.69, 9.17) is 0 Å². The minimum Gasteiger partial charge on any atom is -0.298 e. The van der Waals surface area contributed by atoms with E-state index in [0.29, 0.717) is 5.54 Å². The summed E-state index contributed by atoms with van der Waals surface area (Å²) >= 11 is 0. The largest absolute Gasteiger partial charge is 0.298 e. The predicted octanol–water partition coefficient (Wildman–Crippen LogP) is 3.58. The van der Waals surface area contributed by atoms with Crippen molar-refractivity contribution in [3.63, 3.8) is 0 Å². The van der Waals surface area contributed by atoms with Gasteiger partial charge in [0.15, 0.2) is 0 Å². The van der Waals surface area contributed by atoms with Gasteiger partial charge in [-0.05, 0) is 52.1 Å². The highest BCUT2D eigenvalue weighted by molar-refractivity contribution is 5.25. The van der Waals surface area contributed by atoms with Crippen LogP contribution in [0, 0.1) is 6.92 Å². The van der Waals surface area contributed by atoms with E-state index in [0.717, 1.165) is 5.92 Å². The second kappa shape index (κ2) is 4.21. The first-order chi connectivity index (χ1) is 7.47. The van der Waals surface area contributed by atoms with Crippen LogP contribution in [0.4, 0.5) is 0 Å². The molecule has 1 heterocycles. The molecule has 0 spiro atoms. The molecule has 88 valence electrons. The SMILES string of the molecule is Cc1ccc(C2CCN(C(C)(C)C)C2)cc1. The van der Waals surface area contributed by atoms with Crippen LogP contribution in [0.1, 0.15) is 44.2 Å². The van der Waals surface area contributed by atoms with Crippen LogP contribution in [0.25, 0.3) is 0 Å². The maximum Gasteiger partial charge on any atom is 0.0125 e. The fraction of sp³-hybridized carbons (Fsp3) is 0.600. The van der Waals surface area contributed by atoms with Crippen LogP contribution in [-0.2, 0) is 0 Å². The monoisotopic (exact) mass is 217 g/mol. The molecule has 1 unspecified atom stereocenters. The van der Waals surface area contributed by atoms with Crippen LogP contribution in [0.5, 0.6) is 0 Å². The number of rotatable bonds is 1. The van der Waals surface area contributed by atoms with Crippen LogP contribution < -0.4 is 0 Å². The smallest absolute Gasteiger partial charge is 0.0125 e. The maximum absolute atomic E-state index is 2.59. The Balaban J connectivity index is 2.06. The Labute approximate surface area is 99.5 Å². The molecule has 1 aliphatic heterocycles. The van der Waals surface area contributed by atoms with Crippen molar-refractivity contribution in [1.29, 1.82) is 0 Å². The van der Waals surface area contributed by atoms with Gasteiger partial charge in [0, 0.05) is 12.1 Å². The van der Waals surface area contributed by atoms with Gasteiger partial charge in [0.05, 0.1) is 0 Å². The highest BCUT2D eigenvalue weighted by atomic mass is 15.2. The van der Waals surface area contributed by atoms with Gasteiger partial charge in [-0.2, -0.15) is 0 Å². The second-order valence-electron chi connectivity index (χ2n) is 6.01. The minimum absolute atomic E-state index is 0.319. The zero-order chi connectivity index (χ0) is 11.8. The van der Waals surface area contributed by atoms with E-state index < -0.39 is 0 Å². The van der Waals surface area contributed by atoms with Crippen molar-refractivity contribution in [1.82, 2.24) is 4.90 Å². The van der Waals surface area contributed by atoms with Gasteiger partial charge in [-0.25, -0.2) is 0 Å². The third kappa shape index (κ3) is 2.46. The molecule has 0 saturated carbocycles. The van der Waals surface area contributed by atoms with Crippen LogP contribution >= 0.6 is 0 Å². The molecule has 0 aliphatic carbocycles. The molecule has 0 amide bonds. The summed E-state index contributed by atoms with van der Waals surface area (Å²) < 4.78 is 0. The number of hydrogen-bond acceptors (Lipinski definition) is 1. The first kappa shape index (κ1) is 11.7. The zero-order valence-corrected chi connectivity index (χ0v) is 11.0. The molecular weight excluding hydrogens is 194 g/mol. The van der Waals surface area contributed by atoms with Crippen molar-refractivity contribution in [2.45, 2.75) is 45.6 Å². The van der Waals surface area contributed by atoms with Crippen molar-refractivity contribution in [3.8, 4) is 0 Å². The first-order valence-corrected chi connectivity index (χ1v) is 6.28. The third-order valence-electron chi connectivity index (χ3n) is 3.69. The van der Waals surface area contributed by atoms with Crippen molar-refractivity contribution in [2.24, 2.45) is 0 Å². The van der Waals surface area contributed by atoms with Gasteiger partial charge in [-0.1, -0.05) is 29.8 Å². The zero-order valence-electron chi connectivity index (χ0n) is 11.0. The van der Waals surface area contributed by atoms with Gasteiger partial charge < -0.3 is 0 Å². The van der Waals surface area contributed by atoms with Crippen molar-refractivity contribution < 1.29 is 0 Å². The van der Waals surface area contributed by atoms with Gasteiger partial charge in [0.2, 0.25) is 0 Å². The summed E-state index contributed by atoms with van der Waals surface area (Å²) in [7, 11) is 0. The standard InChI is InChI=1S/C15H23N/c1-12-5-7-13(8-6-12)14-9-10-16(11-14)15(2,3)4/h5-8,14H,9-11H2,1-4H3. The highest BCUT2D eigenvalue weighted by Gasteiger charge is 2.30. The van der Waals surface area contributed by atoms with E-state index in [1.165, 1.54) is 30.6 Å². The molecule has 1 aromatic rings. The van der Waals surface area contributed by atoms with E-state index in [9.17, 15) is 0 Å². The molecule has 1 fully saturated rings. The molecule has 1 atom stereocenters. The topological polar surface area (TPSA) is 3.24 Å². The number of likely N-dealkylation sites (tertiary alicyclic amines) is 1. The molecular formula is C15H23N. The number of benzene rings is 1. The van der Waals surface area contributed by atoms with E-state index in [2.05, 4.69) is 56.9 Å². The summed E-state index contributed by atoms with van der Waals surface area (Å²) in [5, 5.41) is 0. The summed E-state index contributed by atoms with van der Waals surface area (Å²) in [6, 6.07) is 9.06. The summed E-state index contributed by atoms with van der Waals surface area (Å²) in [6.07, 6.45) is 1.31. The first-order valence-electron chi connectivity index (χ1n) is 6.28. The number of hydrogen-bond donors (Lipinski definition) is 0. The van der Waals surface area contributed by atoms with E-state index in [1.807, 2.05) is 0 Å². The quantitative estimate of drug-likeness (QED) is 0.695. The van der Waals surface area contributed by atoms with Crippen LogP contribution in [0.15, 0.2) is 24.3 Å². The van der Waals surface area contributed by atoms with Gasteiger partial charge in [-0.3, -0.25) is 4.90 Å². The average molecular weight is 217 g/mol. The normalized spacial score (nSPS) is 22.6. The van der Waals surface area contributed by atoms with Gasteiger partial charge in [0.1, 0.15) is 0 Å². The van der Waals surface area contributed by atoms with Crippen molar-refractivity contribution in [3.05, 3.63) is 35.4 Å². The summed E-state index contributed by atoms with van der Waals surface area (Å²) in [5.41, 5.74) is 3.19. The molecule has 16 heavy (non-hydrogen) atoms. The molecule has 1 aromatic carbocycles. The Morgan fingerprint density at radius 1 is 1.12 bits per heavy atom. The maximum atomic E-state index is 2.59. The van der Waals surface area contributed by atoms with Gasteiger partial charge >= 0.3 is 0 Å². The van der Waals surface area contributed by atoms with Crippen molar-refractivity contribution in [2.75, 3.05) is 13.1 Å². The van der Waals surface area contributed by atoms with Gasteiger partial charge in [-0.15, -0.1) is 0 Å². The summed E-state index contributed by atoms with van der Waals surface area (Å²) in [6.45, 7) is 11.5. The Kier molecular flexibility index (Phi) is 3.07. The highest BCUT2D eigenvalue weighted by Crippen LogP contribution is 2.31. The molecule has 0 N–H and O–H groups in total. The molecule has 1 saturated heterocycles. The van der Waals surface area contributed by atoms with Crippen LogP contribution in [0.3, 0.4) is 0 Å². The Bertz CT molecular complexity index is 345. The fourth-order valence-corrected chi connectivity index (χ4v) is 2.48. The van der Waals surface area contributed by atoms with Crippen LogP contribution in [0.2, 0.25) is 0 Å². The summed E-state index contributed by atoms with van der Waals surface area (Å²) in [4.78, 5) is 2.59. The van der Waals surface area contributed by atoms with E-state index in [-0.39, 0.29) is 0 Å². The van der Waals surface area contributed by atoms with Crippen molar-refractivity contribution >= 4 is 0 Å². The molecule has 0 bridgehead atoms. The fourth-order valence-electron chi connectivity index (χ4n) is 2.48. The minimum atomic E-state index is 0.319. The van der Waals surface area contributed by atoms with E-state index >= 15 is 0 Å². The lowest BCUT2D eigenvalue weighted by Gasteiger charge is -2.31. The third-order valence-corrected chi connectivity index (χ3v) is 3.69. The summed E-state index contributed by atoms with van der Waals surface area (Å²) in [5.74, 6) is 0.736. The average Bonchev–Trinajstić information content (AvgIpc) is 2.67. The Morgan fingerprint density at radius 2 is 1.75 bits per heavy atom. The molecule has 2 rings (SSSR count).